The first-order chi connectivity index (χ1) is 7.70. The minimum Gasteiger partial charge on any atom is -0.397 e. The SMILES string of the molecule is CCCC1CCN(c2ccc(I)cc2N)C1. The maximum atomic E-state index is 6.07. The number of benzene rings is 1. The van der Waals surface area contributed by atoms with Gasteiger partial charge in [0.2, 0.25) is 0 Å². The van der Waals surface area contributed by atoms with Crippen molar-refractivity contribution in [3.8, 4) is 0 Å². The second kappa shape index (κ2) is 5.25. The zero-order chi connectivity index (χ0) is 11.5. The van der Waals surface area contributed by atoms with Crippen molar-refractivity contribution in [3.63, 3.8) is 0 Å². The molecule has 3 heteroatoms. The average molecular weight is 330 g/mol. The van der Waals surface area contributed by atoms with Crippen LogP contribution in [0, 0.1) is 9.49 Å². The number of nitrogens with zero attached hydrogens (tertiary/aromatic N) is 1. The molecule has 1 aromatic carbocycles. The summed E-state index contributed by atoms with van der Waals surface area (Å²) in [7, 11) is 0. The molecule has 0 saturated carbocycles. The third kappa shape index (κ3) is 2.62. The van der Waals surface area contributed by atoms with Crippen LogP contribution in [0.5, 0.6) is 0 Å². The van der Waals surface area contributed by atoms with E-state index in [4.69, 9.17) is 5.73 Å². The van der Waals surface area contributed by atoms with Crippen LogP contribution in [0.2, 0.25) is 0 Å². The second-order valence-electron chi connectivity index (χ2n) is 4.59. The number of hydrogen-bond donors (Lipinski definition) is 1. The van der Waals surface area contributed by atoms with E-state index in [9.17, 15) is 0 Å². The molecule has 0 aromatic heterocycles. The first kappa shape index (κ1) is 12.0. The molecule has 1 saturated heterocycles. The van der Waals surface area contributed by atoms with E-state index >= 15 is 0 Å². The third-order valence-electron chi connectivity index (χ3n) is 3.31. The summed E-state index contributed by atoms with van der Waals surface area (Å²) in [6, 6.07) is 6.36. The lowest BCUT2D eigenvalue weighted by Gasteiger charge is -2.20. The number of anilines is 2. The summed E-state index contributed by atoms with van der Waals surface area (Å²) in [5.41, 5.74) is 8.22. The molecule has 1 unspecified atom stereocenters. The van der Waals surface area contributed by atoms with Gasteiger partial charge in [0.1, 0.15) is 0 Å². The van der Waals surface area contributed by atoms with Gasteiger partial charge in [0.25, 0.3) is 0 Å². The van der Waals surface area contributed by atoms with Gasteiger partial charge in [-0.15, -0.1) is 0 Å². The van der Waals surface area contributed by atoms with Gasteiger partial charge in [0, 0.05) is 16.7 Å². The van der Waals surface area contributed by atoms with Gasteiger partial charge in [-0.05, 0) is 59.5 Å². The Kier molecular flexibility index (Phi) is 3.95. The van der Waals surface area contributed by atoms with Gasteiger partial charge >= 0.3 is 0 Å². The second-order valence-corrected chi connectivity index (χ2v) is 5.84. The van der Waals surface area contributed by atoms with Crippen LogP contribution >= 0.6 is 22.6 Å². The van der Waals surface area contributed by atoms with E-state index in [0.29, 0.717) is 0 Å². The van der Waals surface area contributed by atoms with Gasteiger partial charge in [-0.25, -0.2) is 0 Å². The van der Waals surface area contributed by atoms with Crippen LogP contribution in [-0.2, 0) is 0 Å². The zero-order valence-corrected chi connectivity index (χ0v) is 11.9. The van der Waals surface area contributed by atoms with Crippen molar-refractivity contribution in [2.75, 3.05) is 23.7 Å². The summed E-state index contributed by atoms with van der Waals surface area (Å²) in [5, 5.41) is 0. The highest BCUT2D eigenvalue weighted by Crippen LogP contribution is 2.31. The first-order valence-corrected chi connectivity index (χ1v) is 7.08. The molecule has 2 rings (SSSR count). The molecular weight excluding hydrogens is 311 g/mol. The van der Waals surface area contributed by atoms with Gasteiger partial charge in [-0.1, -0.05) is 13.3 Å². The molecule has 1 aromatic rings. The highest BCUT2D eigenvalue weighted by molar-refractivity contribution is 14.1. The maximum Gasteiger partial charge on any atom is 0.0600 e. The van der Waals surface area contributed by atoms with Gasteiger partial charge in [-0.2, -0.15) is 0 Å². The number of nitrogens with two attached hydrogens (primary N) is 1. The smallest absolute Gasteiger partial charge is 0.0600 e. The van der Waals surface area contributed by atoms with Gasteiger partial charge < -0.3 is 10.6 Å². The quantitative estimate of drug-likeness (QED) is 0.679. The first-order valence-electron chi connectivity index (χ1n) is 6.00. The molecule has 0 spiro atoms. The van der Waals surface area contributed by atoms with Crippen LogP contribution in [-0.4, -0.2) is 13.1 Å². The number of nitrogen functional groups attached to an aromatic ring is 1. The Morgan fingerprint density at radius 3 is 3.00 bits per heavy atom. The molecule has 0 aliphatic carbocycles. The fraction of sp³-hybridized carbons (Fsp3) is 0.538. The van der Waals surface area contributed by atoms with Crippen molar-refractivity contribution in [2.24, 2.45) is 5.92 Å². The number of hydrogen-bond acceptors (Lipinski definition) is 2. The molecule has 0 bridgehead atoms. The van der Waals surface area contributed by atoms with E-state index in [0.717, 1.165) is 18.2 Å². The Hall–Kier alpha value is -0.450. The van der Waals surface area contributed by atoms with Gasteiger partial charge in [-0.3, -0.25) is 0 Å². The van der Waals surface area contributed by atoms with Crippen molar-refractivity contribution in [1.82, 2.24) is 0 Å². The summed E-state index contributed by atoms with van der Waals surface area (Å²) in [6.45, 7) is 4.61. The van der Waals surface area contributed by atoms with Crippen LogP contribution in [0.4, 0.5) is 11.4 Å². The van der Waals surface area contributed by atoms with Crippen molar-refractivity contribution >= 4 is 34.0 Å². The summed E-state index contributed by atoms with van der Waals surface area (Å²) in [5.74, 6) is 0.865. The van der Waals surface area contributed by atoms with Crippen molar-refractivity contribution in [1.29, 1.82) is 0 Å². The summed E-state index contributed by atoms with van der Waals surface area (Å²) in [6.07, 6.45) is 3.96. The molecular formula is C13H19IN2. The molecule has 88 valence electrons. The van der Waals surface area contributed by atoms with Crippen molar-refractivity contribution in [3.05, 3.63) is 21.8 Å². The van der Waals surface area contributed by atoms with Gasteiger partial charge in [0.05, 0.1) is 11.4 Å². The molecule has 1 fully saturated rings. The normalized spacial score (nSPS) is 20.4. The zero-order valence-electron chi connectivity index (χ0n) is 9.75. The minimum atomic E-state index is 0.865. The van der Waals surface area contributed by atoms with Gasteiger partial charge in [0.15, 0.2) is 0 Å². The fourth-order valence-corrected chi connectivity index (χ4v) is 3.02. The van der Waals surface area contributed by atoms with Crippen molar-refractivity contribution < 1.29 is 0 Å². The van der Waals surface area contributed by atoms with Crippen LogP contribution < -0.4 is 10.6 Å². The Morgan fingerprint density at radius 1 is 1.50 bits per heavy atom. The molecule has 1 aliphatic heterocycles. The minimum absolute atomic E-state index is 0.865. The number of halogens is 1. The molecule has 1 aliphatic rings. The van der Waals surface area contributed by atoms with Crippen LogP contribution in [0.15, 0.2) is 18.2 Å². The molecule has 1 heterocycles. The van der Waals surface area contributed by atoms with Crippen LogP contribution in [0.1, 0.15) is 26.2 Å². The molecule has 0 amide bonds. The molecule has 16 heavy (non-hydrogen) atoms. The van der Waals surface area contributed by atoms with Crippen LogP contribution in [0.3, 0.4) is 0 Å². The van der Waals surface area contributed by atoms with E-state index in [1.165, 1.54) is 35.1 Å². The molecule has 0 radical (unpaired) electrons. The van der Waals surface area contributed by atoms with Crippen LogP contribution in [0.25, 0.3) is 0 Å². The third-order valence-corrected chi connectivity index (χ3v) is 3.98. The summed E-state index contributed by atoms with van der Waals surface area (Å²) >= 11 is 2.30. The lowest BCUT2D eigenvalue weighted by molar-refractivity contribution is 0.530. The summed E-state index contributed by atoms with van der Waals surface area (Å²) < 4.78 is 1.21. The highest BCUT2D eigenvalue weighted by atomic mass is 127. The van der Waals surface area contributed by atoms with E-state index in [-0.39, 0.29) is 0 Å². The predicted octanol–water partition coefficient (Wildman–Crippen LogP) is 3.50. The largest absolute Gasteiger partial charge is 0.397 e. The Morgan fingerprint density at radius 2 is 2.31 bits per heavy atom. The molecule has 2 N–H and O–H groups in total. The lowest BCUT2D eigenvalue weighted by atomic mass is 10.0. The topological polar surface area (TPSA) is 29.3 Å². The standard InChI is InChI=1S/C13H19IN2/c1-2-3-10-6-7-16(9-10)13-5-4-11(14)8-12(13)15/h4-5,8,10H,2-3,6-7,9,15H2,1H3. The number of rotatable bonds is 3. The average Bonchev–Trinajstić information content (AvgIpc) is 2.67. The predicted molar refractivity (Wildman–Crippen MR) is 78.8 cm³/mol. The van der Waals surface area contributed by atoms with E-state index in [2.05, 4.69) is 52.6 Å². The lowest BCUT2D eigenvalue weighted by Crippen LogP contribution is -2.20. The highest BCUT2D eigenvalue weighted by Gasteiger charge is 2.22. The van der Waals surface area contributed by atoms with Crippen molar-refractivity contribution in [2.45, 2.75) is 26.2 Å². The summed E-state index contributed by atoms with van der Waals surface area (Å²) in [4.78, 5) is 2.44. The van der Waals surface area contributed by atoms with E-state index in [1.54, 1.807) is 0 Å². The van der Waals surface area contributed by atoms with E-state index < -0.39 is 0 Å². The Balaban J connectivity index is 2.08. The van der Waals surface area contributed by atoms with E-state index in [1.807, 2.05) is 0 Å². The Bertz CT molecular complexity index is 365. The molecule has 2 nitrogen and oxygen atoms in total. The fourth-order valence-electron chi connectivity index (χ4n) is 2.51. The Labute approximate surface area is 111 Å². The maximum absolute atomic E-state index is 6.07. The molecule has 1 atom stereocenters. The monoisotopic (exact) mass is 330 g/mol.